The number of aromatic nitrogens is 2. The topological polar surface area (TPSA) is 73.4 Å². The lowest BCUT2D eigenvalue weighted by Gasteiger charge is -2.28. The monoisotopic (exact) mass is 286 g/mol. The van der Waals surface area contributed by atoms with Crippen LogP contribution < -0.4 is 15.4 Å². The van der Waals surface area contributed by atoms with E-state index >= 15 is 0 Å². The first kappa shape index (κ1) is 13.6. The standard InChI is InChI=1S/C15H18N4O2/c1-3-19-13-6-10(4-5-14(13)21-9-15(19)20)12-7-11(8-16)18(2)17-12/h4-7H,3,8-9,16H2,1-2H3. The van der Waals surface area contributed by atoms with Crippen LogP contribution in [0.3, 0.4) is 0 Å². The number of carbonyl (C=O) groups excluding carboxylic acids is 1. The number of likely N-dealkylation sites (N-methyl/N-ethyl adjacent to an activating group) is 1. The molecule has 1 amide bonds. The highest BCUT2D eigenvalue weighted by molar-refractivity contribution is 5.98. The third kappa shape index (κ3) is 2.27. The molecule has 0 bridgehead atoms. The quantitative estimate of drug-likeness (QED) is 0.922. The summed E-state index contributed by atoms with van der Waals surface area (Å²) < 4.78 is 7.24. The van der Waals surface area contributed by atoms with Gasteiger partial charge >= 0.3 is 0 Å². The Morgan fingerprint density at radius 1 is 1.38 bits per heavy atom. The Balaban J connectivity index is 2.05. The molecule has 0 spiro atoms. The smallest absolute Gasteiger partial charge is 0.265 e. The lowest BCUT2D eigenvalue weighted by molar-refractivity contribution is -0.121. The minimum absolute atomic E-state index is 0.0224. The first-order valence-corrected chi connectivity index (χ1v) is 6.94. The maximum Gasteiger partial charge on any atom is 0.265 e. The van der Waals surface area contributed by atoms with Gasteiger partial charge in [-0.05, 0) is 31.2 Å². The van der Waals surface area contributed by atoms with Crippen molar-refractivity contribution in [1.29, 1.82) is 0 Å². The van der Waals surface area contributed by atoms with Crippen molar-refractivity contribution < 1.29 is 9.53 Å². The normalized spacial score (nSPS) is 14.0. The molecule has 1 aliphatic heterocycles. The Bertz CT molecular complexity index is 693. The summed E-state index contributed by atoms with van der Waals surface area (Å²) in [5, 5.41) is 4.46. The SMILES string of the molecule is CCN1C(=O)COc2ccc(-c3cc(CN)n(C)n3)cc21. The van der Waals surface area contributed by atoms with Crippen molar-refractivity contribution in [2.75, 3.05) is 18.1 Å². The molecule has 0 radical (unpaired) electrons. The maximum absolute atomic E-state index is 11.9. The fourth-order valence-corrected chi connectivity index (χ4v) is 2.55. The van der Waals surface area contributed by atoms with Crippen LogP contribution in [0.1, 0.15) is 12.6 Å². The van der Waals surface area contributed by atoms with E-state index in [1.54, 1.807) is 9.58 Å². The minimum Gasteiger partial charge on any atom is -0.482 e. The van der Waals surface area contributed by atoms with Gasteiger partial charge in [0.25, 0.3) is 5.91 Å². The molecule has 6 heteroatoms. The summed E-state index contributed by atoms with van der Waals surface area (Å²) in [4.78, 5) is 13.6. The van der Waals surface area contributed by atoms with Crippen LogP contribution in [0.4, 0.5) is 5.69 Å². The molecule has 2 aromatic rings. The van der Waals surface area contributed by atoms with Crippen LogP contribution in [0.5, 0.6) is 5.75 Å². The van der Waals surface area contributed by atoms with Crippen LogP contribution >= 0.6 is 0 Å². The van der Waals surface area contributed by atoms with Gasteiger partial charge in [0.05, 0.1) is 17.1 Å². The van der Waals surface area contributed by atoms with Crippen LogP contribution in [0.2, 0.25) is 0 Å². The van der Waals surface area contributed by atoms with Gasteiger partial charge in [-0.1, -0.05) is 0 Å². The van der Waals surface area contributed by atoms with Gasteiger partial charge in [0.2, 0.25) is 0 Å². The number of nitrogens with two attached hydrogens (primary N) is 1. The van der Waals surface area contributed by atoms with Crippen LogP contribution in [0, 0.1) is 0 Å². The Morgan fingerprint density at radius 2 is 2.19 bits per heavy atom. The van der Waals surface area contributed by atoms with E-state index in [0.29, 0.717) is 13.1 Å². The lowest BCUT2D eigenvalue weighted by atomic mass is 10.1. The van der Waals surface area contributed by atoms with Crippen LogP contribution in [-0.2, 0) is 18.4 Å². The van der Waals surface area contributed by atoms with Gasteiger partial charge in [-0.3, -0.25) is 9.48 Å². The van der Waals surface area contributed by atoms with E-state index in [2.05, 4.69) is 5.10 Å². The van der Waals surface area contributed by atoms with Crippen molar-refractivity contribution in [2.45, 2.75) is 13.5 Å². The summed E-state index contributed by atoms with van der Waals surface area (Å²) in [5.74, 6) is 0.709. The Hall–Kier alpha value is -2.34. The Labute approximate surface area is 123 Å². The number of benzene rings is 1. The molecule has 0 fully saturated rings. The van der Waals surface area contributed by atoms with Gasteiger partial charge in [-0.15, -0.1) is 0 Å². The zero-order chi connectivity index (χ0) is 15.0. The van der Waals surface area contributed by atoms with Crippen molar-refractivity contribution in [3.63, 3.8) is 0 Å². The summed E-state index contributed by atoms with van der Waals surface area (Å²) in [6.07, 6.45) is 0. The van der Waals surface area contributed by atoms with Crippen molar-refractivity contribution >= 4 is 11.6 Å². The van der Waals surface area contributed by atoms with E-state index in [9.17, 15) is 4.79 Å². The van der Waals surface area contributed by atoms with E-state index in [-0.39, 0.29) is 12.5 Å². The number of aryl methyl sites for hydroxylation is 1. The fourth-order valence-electron chi connectivity index (χ4n) is 2.55. The summed E-state index contributed by atoms with van der Waals surface area (Å²) in [7, 11) is 1.87. The predicted molar refractivity (Wildman–Crippen MR) is 80.1 cm³/mol. The van der Waals surface area contributed by atoms with Crippen LogP contribution in [0.15, 0.2) is 24.3 Å². The van der Waals surface area contributed by atoms with Crippen LogP contribution in [-0.4, -0.2) is 28.8 Å². The van der Waals surface area contributed by atoms with Gasteiger partial charge < -0.3 is 15.4 Å². The number of nitrogens with zero attached hydrogens (tertiary/aromatic N) is 3. The first-order valence-electron chi connectivity index (χ1n) is 6.94. The van der Waals surface area contributed by atoms with Crippen molar-refractivity contribution in [1.82, 2.24) is 9.78 Å². The van der Waals surface area contributed by atoms with Crippen molar-refractivity contribution in [3.05, 3.63) is 30.0 Å². The third-order valence-corrected chi connectivity index (χ3v) is 3.70. The summed E-state index contributed by atoms with van der Waals surface area (Å²) in [5.41, 5.74) is 9.23. The second-order valence-corrected chi connectivity index (χ2v) is 4.96. The molecule has 2 N–H and O–H groups in total. The molecular formula is C15H18N4O2. The molecule has 1 aliphatic rings. The molecule has 21 heavy (non-hydrogen) atoms. The minimum atomic E-state index is -0.0224. The van der Waals surface area contributed by atoms with Crippen LogP contribution in [0.25, 0.3) is 11.3 Å². The number of amides is 1. The maximum atomic E-state index is 11.9. The molecule has 1 aromatic heterocycles. The highest BCUT2D eigenvalue weighted by atomic mass is 16.5. The average Bonchev–Trinajstić information content (AvgIpc) is 2.87. The van der Waals surface area contributed by atoms with Gasteiger partial charge in [-0.25, -0.2) is 0 Å². The Morgan fingerprint density at radius 3 is 2.86 bits per heavy atom. The molecular weight excluding hydrogens is 268 g/mol. The Kier molecular flexibility index (Phi) is 3.39. The predicted octanol–water partition coefficient (Wildman–Crippen LogP) is 1.29. The van der Waals surface area contributed by atoms with Gasteiger partial charge in [0.1, 0.15) is 5.75 Å². The van der Waals surface area contributed by atoms with Crippen molar-refractivity contribution in [3.8, 4) is 17.0 Å². The number of rotatable bonds is 3. The lowest BCUT2D eigenvalue weighted by Crippen LogP contribution is -2.38. The van der Waals surface area contributed by atoms with Gasteiger partial charge in [-0.2, -0.15) is 5.10 Å². The number of hydrogen-bond acceptors (Lipinski definition) is 4. The molecule has 3 rings (SSSR count). The van der Waals surface area contributed by atoms with E-state index in [0.717, 1.165) is 28.4 Å². The van der Waals surface area contributed by atoms with E-state index in [1.807, 2.05) is 38.2 Å². The van der Waals surface area contributed by atoms with E-state index in [4.69, 9.17) is 10.5 Å². The molecule has 110 valence electrons. The van der Waals surface area contributed by atoms with E-state index in [1.165, 1.54) is 0 Å². The zero-order valence-corrected chi connectivity index (χ0v) is 12.2. The zero-order valence-electron chi connectivity index (χ0n) is 12.2. The van der Waals surface area contributed by atoms with Gasteiger partial charge in [0, 0.05) is 25.7 Å². The third-order valence-electron chi connectivity index (χ3n) is 3.70. The summed E-state index contributed by atoms with van der Waals surface area (Å²) >= 11 is 0. The average molecular weight is 286 g/mol. The molecule has 1 aromatic carbocycles. The highest BCUT2D eigenvalue weighted by Crippen LogP contribution is 2.35. The largest absolute Gasteiger partial charge is 0.482 e. The molecule has 0 saturated carbocycles. The number of ether oxygens (including phenoxy) is 1. The molecule has 0 saturated heterocycles. The molecule has 6 nitrogen and oxygen atoms in total. The first-order chi connectivity index (χ1) is 10.1. The number of fused-ring (bicyclic) bond motifs is 1. The second kappa shape index (κ2) is 5.21. The van der Waals surface area contributed by atoms with Gasteiger partial charge in [0.15, 0.2) is 6.61 Å². The molecule has 2 heterocycles. The molecule has 0 unspecified atom stereocenters. The second-order valence-electron chi connectivity index (χ2n) is 4.96. The van der Waals surface area contributed by atoms with Crippen molar-refractivity contribution in [2.24, 2.45) is 12.8 Å². The molecule has 0 aliphatic carbocycles. The number of carbonyl (C=O) groups is 1. The number of anilines is 1. The van der Waals surface area contributed by atoms with E-state index < -0.39 is 0 Å². The summed E-state index contributed by atoms with van der Waals surface area (Å²) in [6, 6.07) is 7.74. The molecule has 0 atom stereocenters. The fraction of sp³-hybridized carbons (Fsp3) is 0.333. The highest BCUT2D eigenvalue weighted by Gasteiger charge is 2.24. The summed E-state index contributed by atoms with van der Waals surface area (Å²) in [6.45, 7) is 3.11. The number of hydrogen-bond donors (Lipinski definition) is 1.